The normalized spacial score (nSPS) is 19.5. The van der Waals surface area contributed by atoms with Crippen LogP contribution >= 0.6 is 11.6 Å². The Morgan fingerprint density at radius 2 is 2.29 bits per heavy atom. The minimum Gasteiger partial charge on any atom is -0.313 e. The third-order valence-electron chi connectivity index (χ3n) is 4.19. The van der Waals surface area contributed by atoms with Crippen molar-refractivity contribution in [2.24, 2.45) is 0 Å². The van der Waals surface area contributed by atoms with Crippen LogP contribution in [-0.4, -0.2) is 40.0 Å². The highest BCUT2D eigenvalue weighted by Gasteiger charge is 2.16. The quantitative estimate of drug-likeness (QED) is 0.922. The zero-order valence-electron chi connectivity index (χ0n) is 12.6. The second-order valence-corrected chi connectivity index (χ2v) is 6.26. The van der Waals surface area contributed by atoms with Crippen LogP contribution < -0.4 is 5.32 Å². The Hall–Kier alpha value is -1.10. The fourth-order valence-corrected chi connectivity index (χ4v) is 3.19. The molecule has 1 aliphatic rings. The number of aromatic nitrogens is 2. The number of piperidine rings is 1. The first-order valence-corrected chi connectivity index (χ1v) is 8.21. The van der Waals surface area contributed by atoms with Crippen LogP contribution in [0.5, 0.6) is 0 Å². The summed E-state index contributed by atoms with van der Waals surface area (Å²) in [5.41, 5.74) is 2.07. The van der Waals surface area contributed by atoms with E-state index in [-0.39, 0.29) is 0 Å². The molecule has 1 saturated heterocycles. The highest BCUT2D eigenvalue weighted by atomic mass is 35.5. The molecule has 5 heteroatoms. The van der Waals surface area contributed by atoms with E-state index >= 15 is 0 Å². The highest BCUT2D eigenvalue weighted by Crippen LogP contribution is 2.14. The van der Waals surface area contributed by atoms with Crippen LogP contribution in [0.4, 0.5) is 0 Å². The predicted octanol–water partition coefficient (Wildman–Crippen LogP) is 2.95. The van der Waals surface area contributed by atoms with Gasteiger partial charge in [0.2, 0.25) is 0 Å². The molecule has 4 nitrogen and oxygen atoms in total. The molecule has 1 fully saturated rings. The second-order valence-electron chi connectivity index (χ2n) is 5.82. The molecule has 1 N–H and O–H groups in total. The summed E-state index contributed by atoms with van der Waals surface area (Å²) in [6.07, 6.45) is 7.94. The lowest BCUT2D eigenvalue weighted by molar-refractivity contribution is 0.224. The molecule has 0 aliphatic carbocycles. The monoisotopic (exact) mass is 306 g/mol. The third-order valence-corrected chi connectivity index (χ3v) is 4.41. The lowest BCUT2D eigenvalue weighted by Crippen LogP contribution is -2.43. The maximum absolute atomic E-state index is 6.02. The Bertz CT molecular complexity index is 589. The summed E-state index contributed by atoms with van der Waals surface area (Å²) in [4.78, 5) is 7.14. The summed E-state index contributed by atoms with van der Waals surface area (Å²) in [5, 5.41) is 4.36. The van der Waals surface area contributed by atoms with Crippen molar-refractivity contribution in [1.82, 2.24) is 19.6 Å². The lowest BCUT2D eigenvalue weighted by atomic mass is 10.0. The van der Waals surface area contributed by atoms with Crippen molar-refractivity contribution in [2.75, 3.05) is 19.6 Å². The number of imidazole rings is 1. The molecule has 0 bridgehead atoms. The second kappa shape index (κ2) is 6.77. The van der Waals surface area contributed by atoms with Crippen molar-refractivity contribution in [1.29, 1.82) is 0 Å². The minimum atomic E-state index is 0.630. The molecule has 0 amide bonds. The van der Waals surface area contributed by atoms with Gasteiger partial charge in [-0.1, -0.05) is 24.9 Å². The molecule has 21 heavy (non-hydrogen) atoms. The van der Waals surface area contributed by atoms with E-state index in [0.29, 0.717) is 6.04 Å². The van der Waals surface area contributed by atoms with Crippen LogP contribution in [0.2, 0.25) is 5.02 Å². The van der Waals surface area contributed by atoms with Gasteiger partial charge in [0.25, 0.3) is 0 Å². The smallest absolute Gasteiger partial charge is 0.137 e. The summed E-state index contributed by atoms with van der Waals surface area (Å²) < 4.78 is 2.00. The molecule has 0 saturated carbocycles. The molecular formula is C16H23ClN4. The van der Waals surface area contributed by atoms with Gasteiger partial charge in [-0.2, -0.15) is 0 Å². The molecule has 2 aromatic rings. The van der Waals surface area contributed by atoms with E-state index in [1.807, 2.05) is 22.7 Å². The Morgan fingerprint density at radius 3 is 3.05 bits per heavy atom. The summed E-state index contributed by atoms with van der Waals surface area (Å²) in [5.74, 6) is 0. The maximum Gasteiger partial charge on any atom is 0.137 e. The molecular weight excluding hydrogens is 284 g/mol. The average molecular weight is 307 g/mol. The van der Waals surface area contributed by atoms with E-state index in [9.17, 15) is 0 Å². The Morgan fingerprint density at radius 1 is 1.38 bits per heavy atom. The number of rotatable bonds is 5. The van der Waals surface area contributed by atoms with Crippen molar-refractivity contribution in [3.63, 3.8) is 0 Å². The fraction of sp³-hybridized carbons (Fsp3) is 0.562. The number of likely N-dealkylation sites (N-methyl/N-ethyl adjacent to an activating group) is 1. The molecule has 0 aromatic carbocycles. The maximum atomic E-state index is 6.02. The number of nitrogens with zero attached hydrogens (tertiary/aromatic N) is 3. The fourth-order valence-electron chi connectivity index (χ4n) is 3.02. The van der Waals surface area contributed by atoms with Gasteiger partial charge >= 0.3 is 0 Å². The zero-order valence-corrected chi connectivity index (χ0v) is 13.3. The molecule has 1 unspecified atom stereocenters. The van der Waals surface area contributed by atoms with Crippen molar-refractivity contribution in [3.05, 3.63) is 35.2 Å². The Balaban J connectivity index is 1.66. The van der Waals surface area contributed by atoms with Gasteiger partial charge in [0.1, 0.15) is 5.65 Å². The van der Waals surface area contributed by atoms with Gasteiger partial charge in [-0.25, -0.2) is 4.98 Å². The van der Waals surface area contributed by atoms with Crippen molar-refractivity contribution < 1.29 is 0 Å². The largest absolute Gasteiger partial charge is 0.313 e. The number of pyridine rings is 1. The highest BCUT2D eigenvalue weighted by molar-refractivity contribution is 6.30. The van der Waals surface area contributed by atoms with Gasteiger partial charge in [-0.05, 0) is 38.1 Å². The third kappa shape index (κ3) is 3.76. The van der Waals surface area contributed by atoms with Gasteiger partial charge in [0.05, 0.1) is 10.7 Å². The summed E-state index contributed by atoms with van der Waals surface area (Å²) >= 11 is 6.02. The van der Waals surface area contributed by atoms with Crippen LogP contribution in [-0.2, 0) is 6.54 Å². The molecule has 1 aliphatic heterocycles. The van der Waals surface area contributed by atoms with E-state index in [1.54, 1.807) is 0 Å². The first-order chi connectivity index (χ1) is 10.2. The van der Waals surface area contributed by atoms with Crippen LogP contribution in [0.1, 0.15) is 31.9 Å². The number of halogens is 1. The van der Waals surface area contributed by atoms with E-state index in [0.717, 1.165) is 42.5 Å². The lowest BCUT2D eigenvalue weighted by Gasteiger charge is -2.29. The summed E-state index contributed by atoms with van der Waals surface area (Å²) in [6, 6.07) is 4.48. The molecule has 114 valence electrons. The Kier molecular flexibility index (Phi) is 4.78. The van der Waals surface area contributed by atoms with Crippen LogP contribution in [0.15, 0.2) is 24.5 Å². The topological polar surface area (TPSA) is 32.6 Å². The molecule has 3 heterocycles. The SMILES string of the molecule is CCN(Cc1cn2cc(Cl)ccc2n1)CC1CCCCN1. The first kappa shape index (κ1) is 14.8. The van der Waals surface area contributed by atoms with Crippen molar-refractivity contribution in [3.8, 4) is 0 Å². The molecule has 3 rings (SSSR count). The van der Waals surface area contributed by atoms with Gasteiger partial charge in [0, 0.05) is 31.5 Å². The van der Waals surface area contributed by atoms with Crippen molar-refractivity contribution >= 4 is 17.2 Å². The van der Waals surface area contributed by atoms with Crippen LogP contribution in [0.25, 0.3) is 5.65 Å². The van der Waals surface area contributed by atoms with Gasteiger partial charge in [-0.15, -0.1) is 0 Å². The number of fused-ring (bicyclic) bond motifs is 1. The van der Waals surface area contributed by atoms with Gasteiger partial charge in [-0.3, -0.25) is 4.90 Å². The van der Waals surface area contributed by atoms with E-state index < -0.39 is 0 Å². The summed E-state index contributed by atoms with van der Waals surface area (Å²) in [6.45, 7) is 6.43. The minimum absolute atomic E-state index is 0.630. The first-order valence-electron chi connectivity index (χ1n) is 7.83. The standard InChI is InChI=1S/C16H23ClN4/c1-2-20(10-14-5-3-4-8-18-14)11-15-12-21-9-13(17)6-7-16(21)19-15/h6-7,9,12,14,18H,2-5,8,10-11H2,1H3. The van der Waals surface area contributed by atoms with Crippen LogP contribution in [0, 0.1) is 0 Å². The van der Waals surface area contributed by atoms with E-state index in [2.05, 4.69) is 28.3 Å². The predicted molar refractivity (Wildman–Crippen MR) is 86.8 cm³/mol. The zero-order chi connectivity index (χ0) is 14.7. The molecule has 0 spiro atoms. The van der Waals surface area contributed by atoms with E-state index in [1.165, 1.54) is 19.3 Å². The number of hydrogen-bond donors (Lipinski definition) is 1. The molecule has 1 atom stereocenters. The molecule has 2 aromatic heterocycles. The van der Waals surface area contributed by atoms with Gasteiger partial charge < -0.3 is 9.72 Å². The molecule has 0 radical (unpaired) electrons. The number of hydrogen-bond acceptors (Lipinski definition) is 3. The van der Waals surface area contributed by atoms with Gasteiger partial charge in [0.15, 0.2) is 0 Å². The van der Waals surface area contributed by atoms with E-state index in [4.69, 9.17) is 11.6 Å². The van der Waals surface area contributed by atoms with Crippen molar-refractivity contribution in [2.45, 2.75) is 38.8 Å². The average Bonchev–Trinajstić information content (AvgIpc) is 2.89. The number of nitrogens with one attached hydrogen (secondary N) is 1. The van der Waals surface area contributed by atoms with Crippen LogP contribution in [0.3, 0.4) is 0 Å². The summed E-state index contributed by atoms with van der Waals surface area (Å²) in [7, 11) is 0. The Labute approximate surface area is 131 Å².